The van der Waals surface area contributed by atoms with E-state index in [1.807, 2.05) is 0 Å². The van der Waals surface area contributed by atoms with Gasteiger partial charge in [-0.2, -0.15) is 13.2 Å². The van der Waals surface area contributed by atoms with Crippen LogP contribution in [0.2, 0.25) is 0 Å². The number of ketones is 1. The van der Waals surface area contributed by atoms with Crippen molar-refractivity contribution in [2.24, 2.45) is 0 Å². The maximum absolute atomic E-state index is 12.1. The van der Waals surface area contributed by atoms with E-state index in [0.29, 0.717) is 25.7 Å². The molecule has 1 fully saturated rings. The summed E-state index contributed by atoms with van der Waals surface area (Å²) in [6, 6.07) is -0.0327. The third-order valence-electron chi connectivity index (χ3n) is 2.97. The van der Waals surface area contributed by atoms with E-state index < -0.39 is 18.8 Å². The largest absolute Gasteiger partial charge is 0.415 e. The Labute approximate surface area is 92.2 Å². The minimum atomic E-state index is -4.57. The second kappa shape index (κ2) is 5.14. The first kappa shape index (κ1) is 13.4. The Kier molecular flexibility index (Phi) is 4.32. The predicted octanol–water partition coefficient (Wildman–Crippen LogP) is 1.35. The van der Waals surface area contributed by atoms with Gasteiger partial charge in [-0.3, -0.25) is 4.79 Å². The summed E-state index contributed by atoms with van der Waals surface area (Å²) in [7, 11) is 1.55. The predicted molar refractivity (Wildman–Crippen MR) is 52.0 cm³/mol. The fraction of sp³-hybridized carbons (Fsp3) is 0.900. The molecule has 0 heterocycles. The number of aliphatic hydroxyl groups excluding tert-OH is 1. The third kappa shape index (κ3) is 3.75. The van der Waals surface area contributed by atoms with Crippen LogP contribution in [0.3, 0.4) is 0 Å². The molecule has 1 N–H and O–H groups in total. The third-order valence-corrected chi connectivity index (χ3v) is 2.97. The summed E-state index contributed by atoms with van der Waals surface area (Å²) in [5.41, 5.74) is 0. The number of carbonyl (C=O) groups is 1. The van der Waals surface area contributed by atoms with Gasteiger partial charge in [0, 0.05) is 25.4 Å². The highest BCUT2D eigenvalue weighted by Gasteiger charge is 2.39. The highest BCUT2D eigenvalue weighted by molar-refractivity contribution is 5.79. The normalized spacial score (nSPS) is 21.5. The van der Waals surface area contributed by atoms with E-state index in [1.54, 1.807) is 7.05 Å². The maximum Gasteiger partial charge on any atom is 0.415 e. The van der Waals surface area contributed by atoms with Crippen molar-refractivity contribution in [3.63, 3.8) is 0 Å². The molecule has 0 saturated heterocycles. The SMILES string of the molecule is CN(CC(O)C(F)(F)F)C1CCC(=O)CC1. The Morgan fingerprint density at radius 3 is 2.38 bits per heavy atom. The molecule has 1 unspecified atom stereocenters. The number of hydrogen-bond acceptors (Lipinski definition) is 3. The highest BCUT2D eigenvalue weighted by atomic mass is 19.4. The van der Waals surface area contributed by atoms with Crippen molar-refractivity contribution >= 4 is 5.78 Å². The van der Waals surface area contributed by atoms with E-state index in [-0.39, 0.29) is 11.8 Å². The summed E-state index contributed by atoms with van der Waals surface area (Å²) in [4.78, 5) is 12.5. The lowest BCUT2D eigenvalue weighted by atomic mass is 9.93. The molecule has 1 aliphatic carbocycles. The van der Waals surface area contributed by atoms with Crippen molar-refractivity contribution in [1.82, 2.24) is 4.90 Å². The lowest BCUT2D eigenvalue weighted by Gasteiger charge is -2.32. The van der Waals surface area contributed by atoms with Crippen LogP contribution in [0, 0.1) is 0 Å². The van der Waals surface area contributed by atoms with Gasteiger partial charge in [0.1, 0.15) is 5.78 Å². The van der Waals surface area contributed by atoms with Crippen molar-refractivity contribution in [2.75, 3.05) is 13.6 Å². The summed E-state index contributed by atoms with van der Waals surface area (Å²) in [6.45, 7) is -0.428. The molecule has 0 aromatic rings. The van der Waals surface area contributed by atoms with Gasteiger partial charge in [0.2, 0.25) is 0 Å². The molecule has 3 nitrogen and oxygen atoms in total. The van der Waals surface area contributed by atoms with Crippen LogP contribution in [0.4, 0.5) is 13.2 Å². The van der Waals surface area contributed by atoms with Crippen LogP contribution < -0.4 is 0 Å². The number of likely N-dealkylation sites (N-methyl/N-ethyl adjacent to an activating group) is 1. The Morgan fingerprint density at radius 1 is 1.44 bits per heavy atom. The first-order chi connectivity index (χ1) is 7.30. The number of rotatable bonds is 3. The quantitative estimate of drug-likeness (QED) is 0.808. The van der Waals surface area contributed by atoms with Gasteiger partial charge in [0.15, 0.2) is 6.10 Å². The fourth-order valence-corrected chi connectivity index (χ4v) is 1.89. The summed E-state index contributed by atoms with van der Waals surface area (Å²) >= 11 is 0. The van der Waals surface area contributed by atoms with Crippen LogP contribution in [-0.4, -0.2) is 47.7 Å². The molecule has 0 amide bonds. The summed E-state index contributed by atoms with van der Waals surface area (Å²) in [5, 5.41) is 8.91. The van der Waals surface area contributed by atoms with Crippen LogP contribution in [-0.2, 0) is 4.79 Å². The van der Waals surface area contributed by atoms with Gasteiger partial charge in [-0.25, -0.2) is 0 Å². The Bertz CT molecular complexity index is 245. The standard InChI is InChI=1S/C10H16F3NO2/c1-14(6-9(16)10(11,12)13)7-2-4-8(15)5-3-7/h7,9,16H,2-6H2,1H3. The van der Waals surface area contributed by atoms with Crippen molar-refractivity contribution in [3.05, 3.63) is 0 Å². The molecular formula is C10H16F3NO2. The number of carbonyl (C=O) groups excluding carboxylic acids is 1. The summed E-state index contributed by atoms with van der Waals surface area (Å²) < 4.78 is 36.3. The molecule has 6 heteroatoms. The molecule has 1 aliphatic rings. The summed E-state index contributed by atoms with van der Waals surface area (Å²) in [5.74, 6) is 0.168. The monoisotopic (exact) mass is 239 g/mol. The zero-order valence-corrected chi connectivity index (χ0v) is 9.13. The molecule has 94 valence electrons. The van der Waals surface area contributed by atoms with Gasteiger partial charge in [-0.05, 0) is 19.9 Å². The van der Waals surface area contributed by atoms with Crippen LogP contribution in [0.25, 0.3) is 0 Å². The lowest BCUT2D eigenvalue weighted by Crippen LogP contribution is -2.44. The maximum atomic E-state index is 12.1. The minimum Gasteiger partial charge on any atom is -0.382 e. The van der Waals surface area contributed by atoms with Gasteiger partial charge < -0.3 is 10.0 Å². The molecule has 0 bridgehead atoms. The molecule has 1 atom stereocenters. The molecule has 1 rings (SSSR count). The average Bonchev–Trinajstić information content (AvgIpc) is 2.17. The summed E-state index contributed by atoms with van der Waals surface area (Å²) in [6.07, 6.45) is -4.86. The van der Waals surface area contributed by atoms with Crippen LogP contribution in [0.1, 0.15) is 25.7 Å². The number of Topliss-reactive ketones (excluding diaryl/α,β-unsaturated/α-hetero) is 1. The first-order valence-electron chi connectivity index (χ1n) is 5.27. The Hall–Kier alpha value is -0.620. The van der Waals surface area contributed by atoms with Gasteiger partial charge in [0.25, 0.3) is 0 Å². The molecule has 0 aromatic carbocycles. The average molecular weight is 239 g/mol. The van der Waals surface area contributed by atoms with Crippen LogP contribution >= 0.6 is 0 Å². The number of nitrogens with zero attached hydrogens (tertiary/aromatic N) is 1. The smallest absolute Gasteiger partial charge is 0.382 e. The molecule has 0 aromatic heterocycles. The van der Waals surface area contributed by atoms with E-state index in [0.717, 1.165) is 0 Å². The number of halogens is 3. The molecule has 1 saturated carbocycles. The van der Waals surface area contributed by atoms with Gasteiger partial charge >= 0.3 is 6.18 Å². The van der Waals surface area contributed by atoms with E-state index in [1.165, 1.54) is 4.90 Å². The van der Waals surface area contributed by atoms with E-state index in [4.69, 9.17) is 5.11 Å². The molecule has 0 spiro atoms. The molecule has 0 radical (unpaired) electrons. The van der Waals surface area contributed by atoms with E-state index >= 15 is 0 Å². The Balaban J connectivity index is 2.40. The van der Waals surface area contributed by atoms with Crippen molar-refractivity contribution in [1.29, 1.82) is 0 Å². The van der Waals surface area contributed by atoms with Gasteiger partial charge in [-0.15, -0.1) is 0 Å². The second-order valence-corrected chi connectivity index (χ2v) is 4.27. The zero-order valence-electron chi connectivity index (χ0n) is 9.13. The van der Waals surface area contributed by atoms with Gasteiger partial charge in [-0.1, -0.05) is 0 Å². The van der Waals surface area contributed by atoms with Crippen LogP contribution in [0.15, 0.2) is 0 Å². The second-order valence-electron chi connectivity index (χ2n) is 4.27. The van der Waals surface area contributed by atoms with Crippen molar-refractivity contribution < 1.29 is 23.1 Å². The zero-order chi connectivity index (χ0) is 12.3. The first-order valence-corrected chi connectivity index (χ1v) is 5.27. The Morgan fingerprint density at radius 2 is 1.94 bits per heavy atom. The van der Waals surface area contributed by atoms with E-state index in [9.17, 15) is 18.0 Å². The molecule has 0 aliphatic heterocycles. The number of alkyl halides is 3. The fourth-order valence-electron chi connectivity index (χ4n) is 1.89. The van der Waals surface area contributed by atoms with Gasteiger partial charge in [0.05, 0.1) is 0 Å². The number of aliphatic hydroxyl groups is 1. The number of hydrogen-bond donors (Lipinski definition) is 1. The molecule has 16 heavy (non-hydrogen) atoms. The molecular weight excluding hydrogens is 223 g/mol. The lowest BCUT2D eigenvalue weighted by molar-refractivity contribution is -0.208. The van der Waals surface area contributed by atoms with Crippen LogP contribution in [0.5, 0.6) is 0 Å². The minimum absolute atomic E-state index is 0.0327. The van der Waals surface area contributed by atoms with Crippen molar-refractivity contribution in [2.45, 2.75) is 44.0 Å². The van der Waals surface area contributed by atoms with Crippen molar-refractivity contribution in [3.8, 4) is 0 Å². The highest BCUT2D eigenvalue weighted by Crippen LogP contribution is 2.24. The van der Waals surface area contributed by atoms with E-state index in [2.05, 4.69) is 0 Å². The topological polar surface area (TPSA) is 40.5 Å².